The Morgan fingerprint density at radius 1 is 1.03 bits per heavy atom. The number of hydrogen-bond acceptors (Lipinski definition) is 3. The zero-order valence-corrected chi connectivity index (χ0v) is 16.8. The topological polar surface area (TPSA) is 63.3 Å². The minimum Gasteiger partial charge on any atom is -0.478 e. The Balaban J connectivity index is 1.73. The fourth-order valence-electron chi connectivity index (χ4n) is 3.49. The third kappa shape index (κ3) is 3.66. The molecule has 4 rings (SSSR count). The molecule has 2 aromatic carbocycles. The lowest BCUT2D eigenvalue weighted by molar-refractivity contribution is 0.0699. The number of nitrogens with zero attached hydrogens (tertiary/aromatic N) is 1. The van der Waals surface area contributed by atoms with Crippen LogP contribution in [0, 0.1) is 6.92 Å². The van der Waals surface area contributed by atoms with Gasteiger partial charge in [-0.1, -0.05) is 49.7 Å². The molecule has 1 N–H and O–H groups in total. The van der Waals surface area contributed by atoms with Gasteiger partial charge in [0.25, 0.3) is 0 Å². The van der Waals surface area contributed by atoms with E-state index < -0.39 is 5.97 Å². The molecule has 4 nitrogen and oxygen atoms in total. The fraction of sp³-hybridized carbons (Fsp3) is 0.200. The van der Waals surface area contributed by atoms with Gasteiger partial charge in [0, 0.05) is 10.9 Å². The summed E-state index contributed by atoms with van der Waals surface area (Å²) in [5.74, 6) is 0.835. The predicted octanol–water partition coefficient (Wildman–Crippen LogP) is 6.68. The summed E-state index contributed by atoms with van der Waals surface area (Å²) in [4.78, 5) is 16.4. The maximum Gasteiger partial charge on any atom is 0.336 e. The molecule has 1 atom stereocenters. The Morgan fingerprint density at radius 3 is 2.45 bits per heavy atom. The number of carboxylic acids is 1. The Hall–Kier alpha value is -3.40. The van der Waals surface area contributed by atoms with Crippen LogP contribution in [0.4, 0.5) is 0 Å². The average molecular weight is 385 g/mol. The van der Waals surface area contributed by atoms with E-state index >= 15 is 0 Å². The number of rotatable bonds is 5. The summed E-state index contributed by atoms with van der Waals surface area (Å²) >= 11 is 0. The van der Waals surface area contributed by atoms with E-state index in [1.54, 1.807) is 6.07 Å². The van der Waals surface area contributed by atoms with Crippen LogP contribution in [0.15, 0.2) is 65.1 Å². The number of aromatic carboxylic acids is 1. The Kier molecular flexibility index (Phi) is 4.93. The van der Waals surface area contributed by atoms with E-state index in [2.05, 4.69) is 43.1 Å². The number of carboxylic acid groups (broad SMARTS) is 1. The summed E-state index contributed by atoms with van der Waals surface area (Å²) in [6, 6.07) is 19.3. The minimum absolute atomic E-state index is 0.226. The molecule has 146 valence electrons. The maximum absolute atomic E-state index is 11.8. The first kappa shape index (κ1) is 18.9. The highest BCUT2D eigenvalue weighted by atomic mass is 16.4. The molecular weight excluding hydrogens is 362 g/mol. The van der Waals surface area contributed by atoms with E-state index in [0.29, 0.717) is 28.3 Å². The molecule has 0 saturated carbocycles. The molecule has 0 aliphatic heterocycles. The fourth-order valence-corrected chi connectivity index (χ4v) is 3.49. The van der Waals surface area contributed by atoms with Gasteiger partial charge in [0.1, 0.15) is 11.5 Å². The van der Waals surface area contributed by atoms with Crippen LogP contribution in [0.2, 0.25) is 0 Å². The van der Waals surface area contributed by atoms with E-state index in [0.717, 1.165) is 23.3 Å². The number of aromatic nitrogens is 1. The summed E-state index contributed by atoms with van der Waals surface area (Å²) in [6.07, 6.45) is 1.10. The van der Waals surface area contributed by atoms with Crippen LogP contribution in [-0.4, -0.2) is 16.1 Å². The van der Waals surface area contributed by atoms with Gasteiger partial charge < -0.3 is 9.52 Å². The second kappa shape index (κ2) is 7.55. The Labute approximate surface area is 169 Å². The first-order valence-corrected chi connectivity index (χ1v) is 9.81. The lowest BCUT2D eigenvalue weighted by atomic mass is 9.97. The quantitative estimate of drug-likeness (QED) is 0.416. The highest BCUT2D eigenvalue weighted by molar-refractivity contribution is 6.03. The summed E-state index contributed by atoms with van der Waals surface area (Å²) in [5.41, 5.74) is 4.67. The second-order valence-corrected chi connectivity index (χ2v) is 7.48. The van der Waals surface area contributed by atoms with Crippen LogP contribution < -0.4 is 0 Å². The van der Waals surface area contributed by atoms with Gasteiger partial charge in [0.2, 0.25) is 0 Å². The third-order valence-corrected chi connectivity index (χ3v) is 5.43. The highest BCUT2D eigenvalue weighted by Gasteiger charge is 2.16. The zero-order valence-electron chi connectivity index (χ0n) is 16.8. The molecule has 2 aromatic heterocycles. The van der Waals surface area contributed by atoms with Gasteiger partial charge in [-0.25, -0.2) is 9.78 Å². The van der Waals surface area contributed by atoms with Crippen molar-refractivity contribution in [3.63, 3.8) is 0 Å². The van der Waals surface area contributed by atoms with Crippen molar-refractivity contribution in [2.24, 2.45) is 0 Å². The largest absolute Gasteiger partial charge is 0.478 e. The molecule has 1 unspecified atom stereocenters. The number of hydrogen-bond donors (Lipinski definition) is 1. The molecule has 0 amide bonds. The molecule has 29 heavy (non-hydrogen) atoms. The van der Waals surface area contributed by atoms with Gasteiger partial charge in [0.05, 0.1) is 11.1 Å². The van der Waals surface area contributed by atoms with E-state index in [-0.39, 0.29) is 5.56 Å². The molecule has 4 heteroatoms. The third-order valence-electron chi connectivity index (χ3n) is 5.43. The van der Waals surface area contributed by atoms with Crippen LogP contribution in [0.1, 0.15) is 47.7 Å². The molecule has 0 radical (unpaired) electrons. The second-order valence-electron chi connectivity index (χ2n) is 7.48. The van der Waals surface area contributed by atoms with Crippen molar-refractivity contribution >= 4 is 16.9 Å². The maximum atomic E-state index is 11.8. The number of aryl methyl sites for hydroxylation is 1. The molecule has 0 saturated heterocycles. The van der Waals surface area contributed by atoms with E-state index in [4.69, 9.17) is 4.42 Å². The van der Waals surface area contributed by atoms with Gasteiger partial charge in [-0.15, -0.1) is 0 Å². The number of carbonyl (C=O) groups is 1. The first-order chi connectivity index (χ1) is 14.0. The van der Waals surface area contributed by atoms with Crippen LogP contribution in [0.5, 0.6) is 0 Å². The highest BCUT2D eigenvalue weighted by Crippen LogP contribution is 2.31. The van der Waals surface area contributed by atoms with Crippen molar-refractivity contribution in [1.82, 2.24) is 4.98 Å². The van der Waals surface area contributed by atoms with Crippen LogP contribution in [0.3, 0.4) is 0 Å². The Morgan fingerprint density at radius 2 is 1.76 bits per heavy atom. The van der Waals surface area contributed by atoms with Crippen molar-refractivity contribution in [2.75, 3.05) is 0 Å². The summed E-state index contributed by atoms with van der Waals surface area (Å²) in [7, 11) is 0. The van der Waals surface area contributed by atoms with Crippen molar-refractivity contribution in [3.8, 4) is 22.8 Å². The number of furan rings is 1. The summed E-state index contributed by atoms with van der Waals surface area (Å²) < 4.78 is 6.03. The summed E-state index contributed by atoms with van der Waals surface area (Å²) in [5, 5.41) is 10.3. The van der Waals surface area contributed by atoms with E-state index in [9.17, 15) is 9.90 Å². The molecule has 0 fully saturated rings. The van der Waals surface area contributed by atoms with Gasteiger partial charge in [-0.3, -0.25) is 0 Å². The number of benzene rings is 2. The molecule has 2 heterocycles. The lowest BCUT2D eigenvalue weighted by Gasteiger charge is -2.09. The van der Waals surface area contributed by atoms with Gasteiger partial charge >= 0.3 is 5.97 Å². The smallest absolute Gasteiger partial charge is 0.336 e. The monoisotopic (exact) mass is 385 g/mol. The Bertz CT molecular complexity index is 1190. The van der Waals surface area contributed by atoms with Crippen LogP contribution in [0.25, 0.3) is 33.7 Å². The van der Waals surface area contributed by atoms with Crippen molar-refractivity contribution in [3.05, 3.63) is 77.4 Å². The first-order valence-electron chi connectivity index (χ1n) is 9.81. The molecule has 0 aliphatic rings. The van der Waals surface area contributed by atoms with Crippen molar-refractivity contribution in [2.45, 2.75) is 33.1 Å². The van der Waals surface area contributed by atoms with Crippen LogP contribution >= 0.6 is 0 Å². The molecule has 4 aromatic rings. The van der Waals surface area contributed by atoms with Crippen LogP contribution in [-0.2, 0) is 0 Å². The normalized spacial score (nSPS) is 12.2. The molecular formula is C25H23NO3. The lowest BCUT2D eigenvalue weighted by Crippen LogP contribution is -2.00. The van der Waals surface area contributed by atoms with E-state index in [1.165, 1.54) is 5.56 Å². The standard InChI is InChI=1S/C25H23NO3/c1-4-16(3)17-6-8-18(9-7-17)23-11-12-24(29-23)22-14-20(25(27)28)19-13-15(2)5-10-21(19)26-22/h5-14,16H,4H2,1-3H3,(H,27,28). The van der Waals surface area contributed by atoms with E-state index in [1.807, 2.05) is 37.3 Å². The number of pyridine rings is 1. The zero-order chi connectivity index (χ0) is 20.5. The minimum atomic E-state index is -0.975. The van der Waals surface area contributed by atoms with Crippen molar-refractivity contribution in [1.29, 1.82) is 0 Å². The average Bonchev–Trinajstić information content (AvgIpc) is 3.22. The van der Waals surface area contributed by atoms with Gasteiger partial charge in [-0.05, 0) is 55.2 Å². The van der Waals surface area contributed by atoms with Gasteiger partial charge in [-0.2, -0.15) is 0 Å². The van der Waals surface area contributed by atoms with Gasteiger partial charge in [0.15, 0.2) is 5.76 Å². The predicted molar refractivity (Wildman–Crippen MR) is 115 cm³/mol. The molecule has 0 spiro atoms. The number of fused-ring (bicyclic) bond motifs is 1. The SMILES string of the molecule is CCC(C)c1ccc(-c2ccc(-c3cc(C(=O)O)c4cc(C)ccc4n3)o2)cc1. The molecule has 0 bridgehead atoms. The molecule has 0 aliphatic carbocycles. The summed E-state index contributed by atoms with van der Waals surface area (Å²) in [6.45, 7) is 6.33. The van der Waals surface area contributed by atoms with Crippen molar-refractivity contribution < 1.29 is 14.3 Å².